The zero-order valence-electron chi connectivity index (χ0n) is 12.4. The summed E-state index contributed by atoms with van der Waals surface area (Å²) >= 11 is 2.30. The highest BCUT2D eigenvalue weighted by Gasteiger charge is 2.08. The summed E-state index contributed by atoms with van der Waals surface area (Å²) in [5, 5.41) is 6.32. The Morgan fingerprint density at radius 1 is 1.14 bits per heavy atom. The van der Waals surface area contributed by atoms with Gasteiger partial charge in [-0.3, -0.25) is 4.79 Å². The second-order valence-electron chi connectivity index (χ2n) is 5.13. The highest BCUT2D eigenvalue weighted by atomic mass is 127. The molecule has 21 heavy (non-hydrogen) atoms. The van der Waals surface area contributed by atoms with Crippen LogP contribution in [0.25, 0.3) is 0 Å². The second-order valence-corrected chi connectivity index (χ2v) is 6.37. The molecular formula is C17H19IN2O. The van der Waals surface area contributed by atoms with Crippen molar-refractivity contribution in [2.75, 3.05) is 10.6 Å². The molecule has 1 unspecified atom stereocenters. The van der Waals surface area contributed by atoms with Crippen LogP contribution in [0.1, 0.15) is 31.0 Å². The Labute approximate surface area is 139 Å². The van der Waals surface area contributed by atoms with Crippen LogP contribution in [0.2, 0.25) is 0 Å². The van der Waals surface area contributed by atoms with E-state index in [1.807, 2.05) is 18.2 Å². The molecule has 2 N–H and O–H groups in total. The van der Waals surface area contributed by atoms with Crippen molar-refractivity contribution >= 4 is 39.9 Å². The van der Waals surface area contributed by atoms with E-state index >= 15 is 0 Å². The molecule has 1 amide bonds. The summed E-state index contributed by atoms with van der Waals surface area (Å²) in [6.45, 7) is 5.70. The van der Waals surface area contributed by atoms with Gasteiger partial charge in [0.2, 0.25) is 5.91 Å². The summed E-state index contributed by atoms with van der Waals surface area (Å²) in [5.74, 6) is -0.0597. The molecule has 1 atom stereocenters. The first kappa shape index (κ1) is 15.8. The van der Waals surface area contributed by atoms with Crippen LogP contribution < -0.4 is 10.6 Å². The number of carbonyl (C=O) groups is 1. The van der Waals surface area contributed by atoms with E-state index in [0.717, 1.165) is 16.9 Å². The van der Waals surface area contributed by atoms with Crippen molar-refractivity contribution in [3.63, 3.8) is 0 Å². The smallest absolute Gasteiger partial charge is 0.221 e. The fraction of sp³-hybridized carbons (Fsp3) is 0.235. The molecule has 0 fully saturated rings. The Balaban J connectivity index is 2.17. The van der Waals surface area contributed by atoms with Crippen LogP contribution >= 0.6 is 22.6 Å². The molecule has 0 heterocycles. The van der Waals surface area contributed by atoms with Gasteiger partial charge in [0.05, 0.1) is 0 Å². The number of amides is 1. The Kier molecular flexibility index (Phi) is 5.22. The van der Waals surface area contributed by atoms with E-state index in [2.05, 4.69) is 71.3 Å². The lowest BCUT2D eigenvalue weighted by Gasteiger charge is -2.18. The molecule has 0 saturated heterocycles. The predicted octanol–water partition coefficient (Wildman–Crippen LogP) is 4.73. The van der Waals surface area contributed by atoms with Gasteiger partial charge in [-0.1, -0.05) is 18.2 Å². The van der Waals surface area contributed by atoms with Crippen molar-refractivity contribution in [3.05, 3.63) is 57.2 Å². The molecule has 2 aromatic carbocycles. The van der Waals surface area contributed by atoms with Crippen molar-refractivity contribution in [1.82, 2.24) is 0 Å². The highest BCUT2D eigenvalue weighted by Crippen LogP contribution is 2.25. The molecule has 0 aromatic heterocycles. The molecule has 2 rings (SSSR count). The summed E-state index contributed by atoms with van der Waals surface area (Å²) < 4.78 is 1.23. The van der Waals surface area contributed by atoms with E-state index in [1.54, 1.807) is 0 Å². The summed E-state index contributed by atoms with van der Waals surface area (Å²) in [6, 6.07) is 14.6. The maximum Gasteiger partial charge on any atom is 0.221 e. The topological polar surface area (TPSA) is 41.1 Å². The molecule has 2 aromatic rings. The molecule has 110 valence electrons. The lowest BCUT2D eigenvalue weighted by Crippen LogP contribution is -2.10. The number of carbonyl (C=O) groups excluding carboxylic acids is 1. The normalized spacial score (nSPS) is 11.8. The number of aryl methyl sites for hydroxylation is 1. The van der Waals surface area contributed by atoms with E-state index in [-0.39, 0.29) is 11.9 Å². The molecular weight excluding hydrogens is 375 g/mol. The third-order valence-corrected chi connectivity index (χ3v) is 4.02. The molecule has 0 bridgehead atoms. The van der Waals surface area contributed by atoms with Gasteiger partial charge in [-0.15, -0.1) is 0 Å². The number of hydrogen-bond acceptors (Lipinski definition) is 2. The average Bonchev–Trinajstić information content (AvgIpc) is 2.42. The van der Waals surface area contributed by atoms with Crippen LogP contribution in [0.5, 0.6) is 0 Å². The van der Waals surface area contributed by atoms with Gasteiger partial charge in [-0.2, -0.15) is 0 Å². The maximum absolute atomic E-state index is 11.2. The third-order valence-electron chi connectivity index (χ3n) is 3.30. The lowest BCUT2D eigenvalue weighted by atomic mass is 10.1. The number of benzene rings is 2. The standard InChI is InChI=1S/C17H19IN2O/c1-11-4-9-16(20-13(3)21)10-17(11)19-12(2)14-5-7-15(18)8-6-14/h4-10,12,19H,1-3H3,(H,20,21). The number of nitrogens with one attached hydrogen (secondary N) is 2. The van der Waals surface area contributed by atoms with Crippen molar-refractivity contribution in [3.8, 4) is 0 Å². The Hall–Kier alpha value is -1.56. The second kappa shape index (κ2) is 6.93. The minimum Gasteiger partial charge on any atom is -0.378 e. The third kappa shape index (κ3) is 4.46. The van der Waals surface area contributed by atoms with Crippen LogP contribution in [0.15, 0.2) is 42.5 Å². The van der Waals surface area contributed by atoms with Crippen molar-refractivity contribution in [2.45, 2.75) is 26.8 Å². The number of hydrogen-bond donors (Lipinski definition) is 2. The van der Waals surface area contributed by atoms with E-state index < -0.39 is 0 Å². The summed E-state index contributed by atoms with van der Waals surface area (Å²) in [5.41, 5.74) is 4.24. The molecule has 0 saturated carbocycles. The Morgan fingerprint density at radius 3 is 2.43 bits per heavy atom. The van der Waals surface area contributed by atoms with Crippen molar-refractivity contribution in [1.29, 1.82) is 0 Å². The Bertz CT molecular complexity index is 638. The first-order chi connectivity index (χ1) is 9.95. The van der Waals surface area contributed by atoms with Crippen molar-refractivity contribution in [2.24, 2.45) is 0 Å². The quantitative estimate of drug-likeness (QED) is 0.737. The van der Waals surface area contributed by atoms with Crippen LogP contribution in [0.3, 0.4) is 0 Å². The maximum atomic E-state index is 11.2. The monoisotopic (exact) mass is 394 g/mol. The van der Waals surface area contributed by atoms with E-state index in [0.29, 0.717) is 0 Å². The lowest BCUT2D eigenvalue weighted by molar-refractivity contribution is -0.114. The predicted molar refractivity (Wildman–Crippen MR) is 96.7 cm³/mol. The van der Waals surface area contributed by atoms with Crippen LogP contribution in [-0.2, 0) is 4.79 Å². The molecule has 0 aliphatic carbocycles. The van der Waals surface area contributed by atoms with Crippen molar-refractivity contribution < 1.29 is 4.79 Å². The average molecular weight is 394 g/mol. The van der Waals surface area contributed by atoms with Gasteiger partial charge >= 0.3 is 0 Å². The van der Waals surface area contributed by atoms with Gasteiger partial charge in [0.15, 0.2) is 0 Å². The summed E-state index contributed by atoms with van der Waals surface area (Å²) in [4.78, 5) is 11.2. The number of halogens is 1. The number of rotatable bonds is 4. The van der Waals surface area contributed by atoms with Crippen LogP contribution in [0, 0.1) is 10.5 Å². The van der Waals surface area contributed by atoms with Gasteiger partial charge in [0.1, 0.15) is 0 Å². The van der Waals surface area contributed by atoms with E-state index in [9.17, 15) is 4.79 Å². The first-order valence-corrected chi connectivity index (χ1v) is 7.94. The molecule has 0 radical (unpaired) electrons. The van der Waals surface area contributed by atoms with Gasteiger partial charge in [-0.05, 0) is 71.8 Å². The van der Waals surface area contributed by atoms with Crippen LogP contribution in [0.4, 0.5) is 11.4 Å². The molecule has 0 aliphatic rings. The fourth-order valence-electron chi connectivity index (χ4n) is 2.13. The number of anilines is 2. The SMILES string of the molecule is CC(=O)Nc1ccc(C)c(NC(C)c2ccc(I)cc2)c1. The van der Waals surface area contributed by atoms with Gasteiger partial charge < -0.3 is 10.6 Å². The largest absolute Gasteiger partial charge is 0.378 e. The van der Waals surface area contributed by atoms with Gasteiger partial charge in [-0.25, -0.2) is 0 Å². The van der Waals surface area contributed by atoms with E-state index in [4.69, 9.17) is 0 Å². The van der Waals surface area contributed by atoms with Gasteiger partial charge in [0, 0.05) is 27.9 Å². The van der Waals surface area contributed by atoms with E-state index in [1.165, 1.54) is 16.1 Å². The highest BCUT2D eigenvalue weighted by molar-refractivity contribution is 14.1. The molecule has 0 aliphatic heterocycles. The zero-order valence-corrected chi connectivity index (χ0v) is 14.6. The van der Waals surface area contributed by atoms with Gasteiger partial charge in [0.25, 0.3) is 0 Å². The molecule has 3 nitrogen and oxygen atoms in total. The minimum absolute atomic E-state index is 0.0597. The van der Waals surface area contributed by atoms with Crippen LogP contribution in [-0.4, -0.2) is 5.91 Å². The molecule has 4 heteroatoms. The minimum atomic E-state index is -0.0597. The summed E-state index contributed by atoms with van der Waals surface area (Å²) in [6.07, 6.45) is 0. The first-order valence-electron chi connectivity index (χ1n) is 6.86. The fourth-order valence-corrected chi connectivity index (χ4v) is 2.49. The Morgan fingerprint density at radius 2 is 1.81 bits per heavy atom. The zero-order chi connectivity index (χ0) is 15.4. The summed E-state index contributed by atoms with van der Waals surface area (Å²) in [7, 11) is 0. The molecule has 0 spiro atoms.